The highest BCUT2D eigenvalue weighted by molar-refractivity contribution is 7.91. The predicted molar refractivity (Wildman–Crippen MR) is 118 cm³/mol. The summed E-state index contributed by atoms with van der Waals surface area (Å²) in [5.41, 5.74) is 4.11. The van der Waals surface area contributed by atoms with Crippen molar-refractivity contribution in [1.82, 2.24) is 9.47 Å². The number of carbonyl (C=O) groups is 1. The van der Waals surface area contributed by atoms with Gasteiger partial charge in [0.05, 0.1) is 5.25 Å². The molecule has 0 spiro atoms. The van der Waals surface area contributed by atoms with Crippen molar-refractivity contribution >= 4 is 43.4 Å². The van der Waals surface area contributed by atoms with Crippen molar-refractivity contribution in [3.63, 3.8) is 0 Å². The molecular weight excluding hydrogens is 386 g/mol. The molecule has 2 aromatic carbocycles. The highest BCUT2D eigenvalue weighted by Crippen LogP contribution is 2.36. The molecule has 7 heteroatoms. The lowest BCUT2D eigenvalue weighted by atomic mass is 10.1. The van der Waals surface area contributed by atoms with Gasteiger partial charge in [0.1, 0.15) is 0 Å². The van der Waals surface area contributed by atoms with Crippen LogP contribution in [0.25, 0.3) is 21.8 Å². The molecule has 3 aromatic rings. The van der Waals surface area contributed by atoms with Crippen molar-refractivity contribution in [2.24, 2.45) is 0 Å². The molecule has 154 valence electrons. The molecule has 1 saturated heterocycles. The van der Waals surface area contributed by atoms with E-state index in [9.17, 15) is 13.2 Å². The number of likely N-dealkylation sites (tertiary alicyclic amines) is 1. The summed E-state index contributed by atoms with van der Waals surface area (Å²) in [6.07, 6.45) is 1.73. The van der Waals surface area contributed by atoms with Crippen molar-refractivity contribution in [3.05, 3.63) is 42.0 Å². The van der Waals surface area contributed by atoms with Gasteiger partial charge in [-0.3, -0.25) is 0 Å². The normalized spacial score (nSPS) is 17.6. The quantitative estimate of drug-likeness (QED) is 0.694. The number of anilines is 1. The molecule has 6 nitrogen and oxygen atoms in total. The Balaban J connectivity index is 1.70. The molecule has 0 saturated carbocycles. The average Bonchev–Trinajstić information content (AvgIpc) is 3.27. The van der Waals surface area contributed by atoms with Crippen molar-refractivity contribution in [1.29, 1.82) is 0 Å². The lowest BCUT2D eigenvalue weighted by Gasteiger charge is -2.19. The number of hydrogen-bond donors (Lipinski definition) is 1. The Kier molecular flexibility index (Phi) is 4.81. The summed E-state index contributed by atoms with van der Waals surface area (Å²) in [6.45, 7) is 7.07. The summed E-state index contributed by atoms with van der Waals surface area (Å²) in [6, 6.07) is 12.4. The second kappa shape index (κ2) is 7.06. The Labute approximate surface area is 171 Å². The highest BCUT2D eigenvalue weighted by Gasteiger charge is 2.32. The number of amides is 2. The van der Waals surface area contributed by atoms with E-state index in [0.29, 0.717) is 19.0 Å². The average molecular weight is 414 g/mol. The number of para-hydroxylation sites is 1. The third-order valence-corrected chi connectivity index (χ3v) is 7.53. The lowest BCUT2D eigenvalue weighted by molar-refractivity contribution is 0.222. The fourth-order valence-electron chi connectivity index (χ4n) is 4.41. The molecular formula is C22H27N3O3S. The van der Waals surface area contributed by atoms with Gasteiger partial charge in [-0.1, -0.05) is 18.2 Å². The smallest absolute Gasteiger partial charge is 0.321 e. The van der Waals surface area contributed by atoms with E-state index < -0.39 is 15.1 Å². The highest BCUT2D eigenvalue weighted by atomic mass is 32.2. The molecule has 2 amide bonds. The van der Waals surface area contributed by atoms with Gasteiger partial charge < -0.3 is 14.8 Å². The molecule has 0 radical (unpaired) electrons. The summed E-state index contributed by atoms with van der Waals surface area (Å²) in [5, 5.41) is 4.84. The van der Waals surface area contributed by atoms with Gasteiger partial charge in [-0.15, -0.1) is 0 Å². The third kappa shape index (κ3) is 3.37. The van der Waals surface area contributed by atoms with Crippen LogP contribution in [0.1, 0.15) is 31.9 Å². The minimum absolute atomic E-state index is 0.244. The number of fused-ring (bicyclic) bond motifs is 3. The van der Waals surface area contributed by atoms with Crippen LogP contribution in [0, 0.1) is 6.92 Å². The second-order valence-electron chi connectivity index (χ2n) is 8.23. The lowest BCUT2D eigenvalue weighted by Crippen LogP contribution is -2.35. The van der Waals surface area contributed by atoms with Crippen LogP contribution in [0.5, 0.6) is 0 Å². The van der Waals surface area contributed by atoms with E-state index in [4.69, 9.17) is 0 Å². The van der Waals surface area contributed by atoms with Gasteiger partial charge in [0, 0.05) is 52.9 Å². The molecule has 1 aliphatic rings. The monoisotopic (exact) mass is 413 g/mol. The Morgan fingerprint density at radius 2 is 1.86 bits per heavy atom. The van der Waals surface area contributed by atoms with Gasteiger partial charge in [-0.25, -0.2) is 13.2 Å². The molecule has 1 aromatic heterocycles. The zero-order chi connectivity index (χ0) is 20.9. The van der Waals surface area contributed by atoms with E-state index in [0.717, 1.165) is 22.2 Å². The largest absolute Gasteiger partial charge is 0.338 e. The number of nitrogens with one attached hydrogen (secondary N) is 1. The van der Waals surface area contributed by atoms with Crippen LogP contribution in [0.4, 0.5) is 10.5 Å². The van der Waals surface area contributed by atoms with E-state index in [1.807, 2.05) is 25.1 Å². The molecule has 0 bridgehead atoms. The fourth-order valence-corrected chi connectivity index (χ4v) is 5.40. The number of hydrogen-bond acceptors (Lipinski definition) is 3. The summed E-state index contributed by atoms with van der Waals surface area (Å²) < 4.78 is 25.9. The van der Waals surface area contributed by atoms with Crippen LogP contribution in [0.15, 0.2) is 36.4 Å². The maximum Gasteiger partial charge on any atom is 0.321 e. The molecule has 4 rings (SSSR count). The minimum atomic E-state index is -3.13. The minimum Gasteiger partial charge on any atom is -0.338 e. The number of aromatic nitrogens is 1. The number of benzene rings is 2. The molecule has 1 atom stereocenters. The van der Waals surface area contributed by atoms with E-state index in [-0.39, 0.29) is 12.6 Å². The summed E-state index contributed by atoms with van der Waals surface area (Å²) in [5.74, 6) is 0. The molecule has 2 heterocycles. The topological polar surface area (TPSA) is 71.4 Å². The molecule has 1 aliphatic heterocycles. The number of rotatable bonds is 3. The summed E-state index contributed by atoms with van der Waals surface area (Å²) in [7, 11) is -3.13. The number of urea groups is 1. The van der Waals surface area contributed by atoms with Crippen molar-refractivity contribution in [3.8, 4) is 0 Å². The van der Waals surface area contributed by atoms with E-state index in [1.165, 1.54) is 17.2 Å². The van der Waals surface area contributed by atoms with Crippen LogP contribution >= 0.6 is 0 Å². The standard InChI is InChI=1S/C22H27N3O3S/c1-14(2)25-19-8-6-5-7-17(19)21-15(3)18(9-10-20(21)25)23-22(26)24-12-11-16(13-24)29(4,27)28/h5-10,14,16H,11-13H2,1-4H3,(H,23,26). The van der Waals surface area contributed by atoms with E-state index >= 15 is 0 Å². The number of sulfone groups is 1. The number of nitrogens with zero attached hydrogens (tertiary/aromatic N) is 2. The molecule has 1 fully saturated rings. The molecule has 29 heavy (non-hydrogen) atoms. The number of aryl methyl sites for hydroxylation is 1. The van der Waals surface area contributed by atoms with Gasteiger partial charge in [0.2, 0.25) is 0 Å². The number of carbonyl (C=O) groups excluding carboxylic acids is 1. The first-order valence-corrected chi connectivity index (χ1v) is 11.9. The van der Waals surface area contributed by atoms with Crippen molar-refractivity contribution in [2.75, 3.05) is 24.7 Å². The summed E-state index contributed by atoms with van der Waals surface area (Å²) >= 11 is 0. The Bertz CT molecular complexity index is 1210. The van der Waals surface area contributed by atoms with Gasteiger partial charge >= 0.3 is 6.03 Å². The van der Waals surface area contributed by atoms with E-state index in [1.54, 1.807) is 4.90 Å². The Morgan fingerprint density at radius 1 is 1.14 bits per heavy atom. The van der Waals surface area contributed by atoms with E-state index in [2.05, 4.69) is 41.9 Å². The maximum absolute atomic E-state index is 12.8. The first kappa shape index (κ1) is 19.8. The Morgan fingerprint density at radius 3 is 2.52 bits per heavy atom. The first-order chi connectivity index (χ1) is 13.7. The van der Waals surface area contributed by atoms with Crippen molar-refractivity contribution in [2.45, 2.75) is 38.5 Å². The molecule has 1 N–H and O–H groups in total. The van der Waals surface area contributed by atoms with Crippen LogP contribution in [-0.4, -0.2) is 48.5 Å². The van der Waals surface area contributed by atoms with Crippen LogP contribution < -0.4 is 5.32 Å². The maximum atomic E-state index is 12.8. The zero-order valence-corrected chi connectivity index (χ0v) is 18.1. The van der Waals surface area contributed by atoms with Gasteiger partial charge in [0.25, 0.3) is 0 Å². The van der Waals surface area contributed by atoms with Crippen LogP contribution in [0.3, 0.4) is 0 Å². The predicted octanol–water partition coefficient (Wildman–Crippen LogP) is 4.33. The van der Waals surface area contributed by atoms with Gasteiger partial charge in [-0.05, 0) is 51.0 Å². The van der Waals surface area contributed by atoms with Crippen molar-refractivity contribution < 1.29 is 13.2 Å². The van der Waals surface area contributed by atoms with Crippen LogP contribution in [-0.2, 0) is 9.84 Å². The van der Waals surface area contributed by atoms with Gasteiger partial charge in [-0.2, -0.15) is 0 Å². The SMILES string of the molecule is Cc1c(NC(=O)N2CCC(S(C)(=O)=O)C2)ccc2c1c1ccccc1n2C(C)C. The third-order valence-electron chi connectivity index (χ3n) is 5.93. The molecule has 1 unspecified atom stereocenters. The van der Waals surface area contributed by atoms with Crippen LogP contribution in [0.2, 0.25) is 0 Å². The fraction of sp³-hybridized carbons (Fsp3) is 0.409. The summed E-state index contributed by atoms with van der Waals surface area (Å²) in [4.78, 5) is 14.4. The first-order valence-electron chi connectivity index (χ1n) is 9.95. The Hall–Kier alpha value is -2.54. The zero-order valence-electron chi connectivity index (χ0n) is 17.3. The molecule has 0 aliphatic carbocycles. The van der Waals surface area contributed by atoms with Gasteiger partial charge in [0.15, 0.2) is 9.84 Å². The second-order valence-corrected chi connectivity index (χ2v) is 10.6.